The molecule has 214 valence electrons. The van der Waals surface area contributed by atoms with Crippen molar-refractivity contribution in [2.75, 3.05) is 49.5 Å². The van der Waals surface area contributed by atoms with Gasteiger partial charge < -0.3 is 9.64 Å². The standard InChI is InChI=1S/C27H34ClN7O3S2/c1-4-38-24(36)15-33-8-9-35(18(3)13-33)23-12-29-20(11-30-23)26(37)32-27-31-25(21-10-19(28)16-39-21)22(40-27)14-34-7-5-6-17(34)2/h10-12,16-18H,4-9,13-15H2,1-3H3,(H,31,32,37). The Morgan fingerprint density at radius 2 is 2.02 bits per heavy atom. The Hall–Kier alpha value is -2.64. The fourth-order valence-electron chi connectivity index (χ4n) is 5.21. The molecule has 13 heteroatoms. The largest absolute Gasteiger partial charge is 0.465 e. The lowest BCUT2D eigenvalue weighted by Crippen LogP contribution is -2.53. The van der Waals surface area contributed by atoms with E-state index in [2.05, 4.69) is 43.8 Å². The van der Waals surface area contributed by atoms with Crippen LogP contribution in [0.3, 0.4) is 0 Å². The number of hydrogen-bond acceptors (Lipinski definition) is 11. The molecule has 5 rings (SSSR count). The van der Waals surface area contributed by atoms with E-state index >= 15 is 0 Å². The number of nitrogens with zero attached hydrogens (tertiary/aromatic N) is 6. The number of carbonyl (C=O) groups excluding carboxylic acids is 2. The molecule has 0 saturated carbocycles. The van der Waals surface area contributed by atoms with E-state index < -0.39 is 0 Å². The molecule has 2 fully saturated rings. The summed E-state index contributed by atoms with van der Waals surface area (Å²) < 4.78 is 5.07. The number of ether oxygens (including phenoxy) is 1. The molecule has 10 nitrogen and oxygen atoms in total. The number of rotatable bonds is 9. The van der Waals surface area contributed by atoms with Gasteiger partial charge in [-0.25, -0.2) is 15.0 Å². The third kappa shape index (κ3) is 6.80. The van der Waals surface area contributed by atoms with Crippen molar-refractivity contribution in [1.82, 2.24) is 24.8 Å². The monoisotopic (exact) mass is 603 g/mol. The van der Waals surface area contributed by atoms with Crippen LogP contribution in [-0.2, 0) is 16.1 Å². The number of amides is 1. The number of thiazole rings is 1. The van der Waals surface area contributed by atoms with Gasteiger partial charge in [0.2, 0.25) is 0 Å². The quantitative estimate of drug-likeness (QED) is 0.351. The molecule has 2 atom stereocenters. The number of likely N-dealkylation sites (tertiary alicyclic amines) is 1. The van der Waals surface area contributed by atoms with Gasteiger partial charge in [-0.3, -0.25) is 24.7 Å². The molecule has 0 spiro atoms. The van der Waals surface area contributed by atoms with E-state index in [0.29, 0.717) is 48.3 Å². The highest BCUT2D eigenvalue weighted by atomic mass is 35.5. The predicted molar refractivity (Wildman–Crippen MR) is 159 cm³/mol. The molecular weight excluding hydrogens is 570 g/mol. The SMILES string of the molecule is CCOC(=O)CN1CCN(c2cnc(C(=O)Nc3nc(-c4cc(Cl)cs4)c(CN4CCCC4C)s3)cn2)C(C)C1. The van der Waals surface area contributed by atoms with E-state index in [0.717, 1.165) is 28.5 Å². The van der Waals surface area contributed by atoms with E-state index in [1.54, 1.807) is 17.5 Å². The molecule has 0 bridgehead atoms. The maximum atomic E-state index is 13.1. The molecule has 2 unspecified atom stereocenters. The molecule has 3 aromatic rings. The van der Waals surface area contributed by atoms with E-state index in [9.17, 15) is 9.59 Å². The lowest BCUT2D eigenvalue weighted by atomic mass is 10.2. The number of hydrogen-bond donors (Lipinski definition) is 1. The van der Waals surface area contributed by atoms with Crippen LogP contribution >= 0.6 is 34.3 Å². The van der Waals surface area contributed by atoms with Gasteiger partial charge in [-0.05, 0) is 46.2 Å². The highest BCUT2D eigenvalue weighted by Gasteiger charge is 2.27. The van der Waals surface area contributed by atoms with Crippen LogP contribution in [0.2, 0.25) is 5.02 Å². The molecule has 0 aliphatic carbocycles. The van der Waals surface area contributed by atoms with Crippen LogP contribution in [0.1, 0.15) is 49.0 Å². The molecule has 5 heterocycles. The summed E-state index contributed by atoms with van der Waals surface area (Å²) in [6.45, 7) is 10.8. The summed E-state index contributed by atoms with van der Waals surface area (Å²) >= 11 is 9.26. The molecule has 2 aliphatic rings. The average molecular weight is 604 g/mol. The number of halogens is 1. The topological polar surface area (TPSA) is 104 Å². The smallest absolute Gasteiger partial charge is 0.320 e. The molecule has 2 aliphatic heterocycles. The van der Waals surface area contributed by atoms with Crippen molar-refractivity contribution in [3.05, 3.63) is 39.4 Å². The minimum Gasteiger partial charge on any atom is -0.465 e. The molecule has 40 heavy (non-hydrogen) atoms. The van der Waals surface area contributed by atoms with Crippen molar-refractivity contribution in [2.45, 2.75) is 52.2 Å². The number of anilines is 2. The fraction of sp³-hybridized carbons (Fsp3) is 0.519. The van der Waals surface area contributed by atoms with Crippen molar-refractivity contribution in [3.63, 3.8) is 0 Å². The Morgan fingerprint density at radius 3 is 2.67 bits per heavy atom. The number of esters is 1. The van der Waals surface area contributed by atoms with Gasteiger partial charge in [-0.15, -0.1) is 11.3 Å². The lowest BCUT2D eigenvalue weighted by molar-refractivity contribution is -0.144. The third-order valence-electron chi connectivity index (χ3n) is 7.29. The first-order valence-corrected chi connectivity index (χ1v) is 15.6. The van der Waals surface area contributed by atoms with Crippen molar-refractivity contribution >= 4 is 57.1 Å². The number of nitrogens with one attached hydrogen (secondary N) is 1. The van der Waals surface area contributed by atoms with Crippen LogP contribution in [-0.4, -0.2) is 88.0 Å². The van der Waals surface area contributed by atoms with Crippen LogP contribution in [0.5, 0.6) is 0 Å². The highest BCUT2D eigenvalue weighted by molar-refractivity contribution is 7.17. The molecule has 1 N–H and O–H groups in total. The maximum absolute atomic E-state index is 13.1. The van der Waals surface area contributed by atoms with E-state index in [-0.39, 0.29) is 30.2 Å². The van der Waals surface area contributed by atoms with Gasteiger partial charge in [0.15, 0.2) is 5.13 Å². The van der Waals surface area contributed by atoms with Gasteiger partial charge in [0.05, 0.1) is 41.1 Å². The predicted octanol–water partition coefficient (Wildman–Crippen LogP) is 4.63. The summed E-state index contributed by atoms with van der Waals surface area (Å²) in [5.41, 5.74) is 1.09. The fourth-order valence-corrected chi connectivity index (χ4v) is 7.36. The summed E-state index contributed by atoms with van der Waals surface area (Å²) in [5.74, 6) is 0.146. The third-order valence-corrected chi connectivity index (χ3v) is 9.53. The zero-order chi connectivity index (χ0) is 28.2. The summed E-state index contributed by atoms with van der Waals surface area (Å²) in [7, 11) is 0. The van der Waals surface area contributed by atoms with Crippen molar-refractivity contribution in [3.8, 4) is 10.6 Å². The van der Waals surface area contributed by atoms with E-state index in [4.69, 9.17) is 21.3 Å². The number of aromatic nitrogens is 3. The first-order chi connectivity index (χ1) is 19.3. The van der Waals surface area contributed by atoms with Gasteiger partial charge in [0.1, 0.15) is 11.5 Å². The van der Waals surface area contributed by atoms with Gasteiger partial charge >= 0.3 is 5.97 Å². The van der Waals surface area contributed by atoms with Crippen LogP contribution in [0.15, 0.2) is 23.8 Å². The summed E-state index contributed by atoms with van der Waals surface area (Å²) in [4.78, 5) is 47.4. The maximum Gasteiger partial charge on any atom is 0.320 e. The first-order valence-electron chi connectivity index (χ1n) is 13.6. The van der Waals surface area contributed by atoms with Crippen LogP contribution in [0, 0.1) is 0 Å². The minimum absolute atomic E-state index is 0.133. The number of carbonyl (C=O) groups is 2. The summed E-state index contributed by atoms with van der Waals surface area (Å²) in [5, 5.41) is 6.04. The van der Waals surface area contributed by atoms with Crippen LogP contribution in [0.25, 0.3) is 10.6 Å². The van der Waals surface area contributed by atoms with Gasteiger partial charge in [-0.2, -0.15) is 0 Å². The zero-order valence-corrected chi connectivity index (χ0v) is 25.3. The molecular formula is C27H34ClN7O3S2. The second-order valence-electron chi connectivity index (χ2n) is 10.2. The first kappa shape index (κ1) is 28.9. The van der Waals surface area contributed by atoms with E-state index in [1.165, 1.54) is 30.4 Å². The Labute approximate surface area is 247 Å². The van der Waals surface area contributed by atoms with Gasteiger partial charge in [0, 0.05) is 48.5 Å². The van der Waals surface area contributed by atoms with Crippen molar-refractivity contribution in [2.24, 2.45) is 0 Å². The molecule has 2 saturated heterocycles. The van der Waals surface area contributed by atoms with Crippen molar-refractivity contribution < 1.29 is 14.3 Å². The highest BCUT2D eigenvalue weighted by Crippen LogP contribution is 2.37. The molecule has 0 aromatic carbocycles. The number of thiophene rings is 1. The van der Waals surface area contributed by atoms with Gasteiger partial charge in [-0.1, -0.05) is 22.9 Å². The number of piperazine rings is 1. The van der Waals surface area contributed by atoms with Crippen LogP contribution < -0.4 is 10.2 Å². The molecule has 0 radical (unpaired) electrons. The zero-order valence-electron chi connectivity index (χ0n) is 22.9. The lowest BCUT2D eigenvalue weighted by Gasteiger charge is -2.39. The summed E-state index contributed by atoms with van der Waals surface area (Å²) in [6.07, 6.45) is 5.52. The average Bonchev–Trinajstić information content (AvgIpc) is 3.65. The Morgan fingerprint density at radius 1 is 1.18 bits per heavy atom. The normalized spacial score (nSPS) is 20.1. The second kappa shape index (κ2) is 12.9. The Kier molecular flexibility index (Phi) is 9.31. The minimum atomic E-state index is -0.350. The van der Waals surface area contributed by atoms with Crippen LogP contribution in [0.4, 0.5) is 10.9 Å². The second-order valence-corrected chi connectivity index (χ2v) is 12.6. The van der Waals surface area contributed by atoms with Gasteiger partial charge in [0.25, 0.3) is 5.91 Å². The summed E-state index contributed by atoms with van der Waals surface area (Å²) in [6, 6.07) is 2.58. The van der Waals surface area contributed by atoms with E-state index in [1.807, 2.05) is 18.4 Å². The molecule has 3 aromatic heterocycles. The Bertz CT molecular complexity index is 1330. The Balaban J connectivity index is 1.24. The van der Waals surface area contributed by atoms with Crippen molar-refractivity contribution in [1.29, 1.82) is 0 Å². The molecule has 1 amide bonds.